The summed E-state index contributed by atoms with van der Waals surface area (Å²) in [5, 5.41) is 4.67. The fourth-order valence-corrected chi connectivity index (χ4v) is 35.8. The van der Waals surface area contributed by atoms with Crippen molar-refractivity contribution in [3.63, 3.8) is 0 Å². The molecule has 3 saturated heterocycles. The fourth-order valence-electron chi connectivity index (χ4n) is 10.7. The molecule has 0 bridgehead atoms. The summed E-state index contributed by atoms with van der Waals surface area (Å²) in [5.41, 5.74) is 5.78. The SMILES string of the molecule is CC(C)[Si]1(C(C)C)OC[C@H]2O[C@@H](n3c(Nc4nc5c6cccnc6ccc5n4C)nc4c(OCc5ccccc5)nc(N5[Si](C)(C)CC[Si]5(C)C)nc43)C[C@@H]2O[Si](C(C)C)(C(C)C)O1. The Morgan fingerprint density at radius 1 is 0.750 bits per heavy atom. The van der Waals surface area contributed by atoms with Crippen LogP contribution in [0.1, 0.15) is 73.6 Å². The van der Waals surface area contributed by atoms with Gasteiger partial charge in [-0.1, -0.05) is 112 Å². The molecule has 3 atom stereocenters. The number of fused-ring (bicyclic) bond motifs is 5. The lowest BCUT2D eigenvalue weighted by Gasteiger charge is -2.51. The van der Waals surface area contributed by atoms with E-state index >= 15 is 0 Å². The van der Waals surface area contributed by atoms with E-state index in [9.17, 15) is 0 Å². The quantitative estimate of drug-likeness (QED) is 0.124. The Morgan fingerprint density at radius 3 is 2.09 bits per heavy atom. The smallest absolute Gasteiger partial charge is 0.335 e. The average molecular weight is 938 g/mol. The molecule has 6 aromatic rings. The molecule has 9 rings (SSSR count). The van der Waals surface area contributed by atoms with E-state index in [0.717, 1.165) is 27.5 Å². The van der Waals surface area contributed by atoms with Crippen LogP contribution in [0.4, 0.5) is 17.8 Å². The van der Waals surface area contributed by atoms with Crippen molar-refractivity contribution in [3.8, 4) is 5.88 Å². The highest BCUT2D eigenvalue weighted by molar-refractivity contribution is 7.04. The Labute approximate surface area is 382 Å². The van der Waals surface area contributed by atoms with Crippen molar-refractivity contribution in [3.05, 3.63) is 66.4 Å². The molecule has 14 nitrogen and oxygen atoms in total. The Kier molecular flexibility index (Phi) is 11.8. The second-order valence-electron chi connectivity index (χ2n) is 20.7. The number of nitrogens with zero attached hydrogens (tertiary/aromatic N) is 8. The molecule has 3 fully saturated rings. The zero-order valence-corrected chi connectivity index (χ0v) is 44.0. The van der Waals surface area contributed by atoms with Crippen LogP contribution in [0.15, 0.2) is 60.8 Å². The number of benzene rings is 2. The number of imidazole rings is 2. The lowest BCUT2D eigenvalue weighted by atomic mass is 10.2. The number of aryl methyl sites for hydroxylation is 1. The monoisotopic (exact) mass is 937 g/mol. The van der Waals surface area contributed by atoms with Crippen molar-refractivity contribution in [1.29, 1.82) is 0 Å². The van der Waals surface area contributed by atoms with E-state index in [0.29, 0.717) is 54.5 Å². The highest BCUT2D eigenvalue weighted by atomic mass is 28.5. The molecule has 18 heteroatoms. The first-order chi connectivity index (χ1) is 30.3. The Balaban J connectivity index is 1.23. The number of nitrogens with one attached hydrogen (secondary N) is 1. The Bertz CT molecular complexity index is 2640. The third kappa shape index (κ3) is 7.64. The number of ether oxygens (including phenoxy) is 2. The van der Waals surface area contributed by atoms with E-state index in [4.69, 9.17) is 42.4 Å². The second kappa shape index (κ2) is 16.7. The summed E-state index contributed by atoms with van der Waals surface area (Å²) in [6.07, 6.45) is 1.22. The van der Waals surface area contributed by atoms with E-state index in [1.54, 1.807) is 0 Å². The standard InChI is InChI=1S/C46H67N9O5Si4/c1-29(2)63(30(3)4)57-28-38-37(59-64(60-63,31(5)6)32(7)8)26-39(58-38)54-42-41(49-45(54)52-44-48-40-34-20-17-23-47-35(34)21-22-36(40)53(44)9)43(56-27-33-18-15-14-16-19-33)51-46(50-42)55-61(10,11)24-25-62(55,12)13/h14-23,29-32,37-39H,24-28H2,1-13H3,(H,48,49,52)/t37-,38+,39+/m0/s1. The van der Waals surface area contributed by atoms with Crippen molar-refractivity contribution in [1.82, 2.24) is 34.1 Å². The molecule has 3 aliphatic heterocycles. The minimum Gasteiger partial charge on any atom is -0.471 e. The summed E-state index contributed by atoms with van der Waals surface area (Å²) in [7, 11) is -7.54. The van der Waals surface area contributed by atoms with Crippen LogP contribution in [0.5, 0.6) is 5.88 Å². The van der Waals surface area contributed by atoms with Gasteiger partial charge in [0, 0.05) is 25.1 Å². The third-order valence-corrected chi connectivity index (χ3v) is 34.3. The highest BCUT2D eigenvalue weighted by Crippen LogP contribution is 2.50. The zero-order chi connectivity index (χ0) is 45.5. The summed E-state index contributed by atoms with van der Waals surface area (Å²) in [6, 6.07) is 20.7. The number of hydrogen-bond acceptors (Lipinski definition) is 12. The van der Waals surface area contributed by atoms with Gasteiger partial charge in [0.25, 0.3) is 0 Å². The molecule has 4 aromatic heterocycles. The van der Waals surface area contributed by atoms with Crippen molar-refractivity contribution >= 4 is 84.5 Å². The van der Waals surface area contributed by atoms with Gasteiger partial charge in [0.2, 0.25) is 23.7 Å². The summed E-state index contributed by atoms with van der Waals surface area (Å²) >= 11 is 0. The maximum atomic E-state index is 7.58. The van der Waals surface area contributed by atoms with Gasteiger partial charge in [-0.15, -0.1) is 0 Å². The summed E-state index contributed by atoms with van der Waals surface area (Å²) in [4.78, 5) is 26.0. The van der Waals surface area contributed by atoms with Crippen molar-refractivity contribution in [2.45, 2.75) is 147 Å². The molecule has 2 aromatic carbocycles. The summed E-state index contributed by atoms with van der Waals surface area (Å²) in [6.45, 7) is 28.5. The summed E-state index contributed by atoms with van der Waals surface area (Å²) in [5.74, 6) is 2.31. The number of hydrogen-bond donors (Lipinski definition) is 1. The van der Waals surface area contributed by atoms with E-state index < -0.39 is 39.8 Å². The molecular weight excluding hydrogens is 871 g/mol. The first-order valence-corrected chi connectivity index (χ1v) is 33.5. The molecular formula is C46H67N9O5Si4. The molecule has 0 radical (unpaired) electrons. The lowest BCUT2D eigenvalue weighted by Crippen LogP contribution is -2.65. The van der Waals surface area contributed by atoms with Gasteiger partial charge in [0.1, 0.15) is 40.9 Å². The topological polar surface area (TPSA) is 136 Å². The van der Waals surface area contributed by atoms with Crippen LogP contribution in [0.25, 0.3) is 33.1 Å². The molecule has 0 spiro atoms. The second-order valence-corrected chi connectivity index (χ2v) is 39.1. The van der Waals surface area contributed by atoms with E-state index in [1.165, 1.54) is 12.1 Å². The van der Waals surface area contributed by atoms with Crippen LogP contribution in [0.2, 0.25) is 60.4 Å². The van der Waals surface area contributed by atoms with Gasteiger partial charge in [-0.3, -0.25) is 14.9 Å². The van der Waals surface area contributed by atoms with Gasteiger partial charge in [-0.05, 0) is 64.1 Å². The normalized spacial score (nSPS) is 22.9. The fraction of sp³-hybridized carbons (Fsp3) is 0.543. The van der Waals surface area contributed by atoms with Gasteiger partial charge < -0.3 is 31.2 Å². The molecule has 7 heterocycles. The van der Waals surface area contributed by atoms with Crippen molar-refractivity contribution < 1.29 is 22.4 Å². The van der Waals surface area contributed by atoms with Crippen molar-refractivity contribution in [2.75, 3.05) is 16.2 Å². The zero-order valence-electron chi connectivity index (χ0n) is 40.0. The van der Waals surface area contributed by atoms with Gasteiger partial charge in [-0.25, -0.2) is 9.97 Å². The maximum Gasteiger partial charge on any atom is 0.335 e. The van der Waals surface area contributed by atoms with Gasteiger partial charge in [0.15, 0.2) is 11.2 Å². The average Bonchev–Trinajstić information content (AvgIpc) is 3.96. The minimum atomic E-state index is -2.91. The Morgan fingerprint density at radius 2 is 1.42 bits per heavy atom. The molecule has 0 saturated carbocycles. The molecule has 342 valence electrons. The van der Waals surface area contributed by atoms with Crippen LogP contribution in [-0.2, 0) is 31.4 Å². The number of anilines is 3. The predicted molar refractivity (Wildman–Crippen MR) is 265 cm³/mol. The van der Waals surface area contributed by atoms with Crippen LogP contribution in [0, 0.1) is 0 Å². The Hall–Kier alpha value is -4.02. The third-order valence-electron chi connectivity index (χ3n) is 14.1. The predicted octanol–water partition coefficient (Wildman–Crippen LogP) is 11.1. The lowest BCUT2D eigenvalue weighted by molar-refractivity contribution is -0.0539. The van der Waals surface area contributed by atoms with Gasteiger partial charge in [-0.2, -0.15) is 9.97 Å². The molecule has 3 aliphatic rings. The largest absolute Gasteiger partial charge is 0.471 e. The first-order valence-electron chi connectivity index (χ1n) is 23.3. The van der Waals surface area contributed by atoms with Crippen LogP contribution < -0.4 is 14.3 Å². The van der Waals surface area contributed by atoms with Gasteiger partial charge >= 0.3 is 17.1 Å². The van der Waals surface area contributed by atoms with E-state index in [2.05, 4.69) is 130 Å². The highest BCUT2D eigenvalue weighted by Gasteiger charge is 2.60. The number of aromatic nitrogens is 7. The molecule has 0 unspecified atom stereocenters. The molecule has 0 aliphatic carbocycles. The van der Waals surface area contributed by atoms with Crippen LogP contribution >= 0.6 is 0 Å². The maximum absolute atomic E-state index is 7.58. The number of rotatable bonds is 11. The van der Waals surface area contributed by atoms with E-state index in [-0.39, 0.29) is 34.4 Å². The van der Waals surface area contributed by atoms with Crippen LogP contribution in [0.3, 0.4) is 0 Å². The molecule has 0 amide bonds. The van der Waals surface area contributed by atoms with Crippen LogP contribution in [-0.4, -0.2) is 86.5 Å². The van der Waals surface area contributed by atoms with Gasteiger partial charge in [0.05, 0.1) is 23.7 Å². The molecule has 64 heavy (non-hydrogen) atoms. The minimum absolute atomic E-state index is 0.188. The number of pyridine rings is 1. The van der Waals surface area contributed by atoms with E-state index in [1.807, 2.05) is 43.6 Å². The molecule has 1 N–H and O–H groups in total. The first kappa shape index (κ1) is 45.1. The summed E-state index contributed by atoms with van der Waals surface area (Å²) < 4.78 is 43.2. The van der Waals surface area contributed by atoms with Crippen molar-refractivity contribution in [2.24, 2.45) is 7.05 Å².